The first-order chi connectivity index (χ1) is 11.7. The molecule has 1 aromatic carbocycles. The van der Waals surface area contributed by atoms with Crippen molar-refractivity contribution in [1.82, 2.24) is 4.57 Å². The van der Waals surface area contributed by atoms with Gasteiger partial charge in [-0.15, -0.1) is 10.1 Å². The lowest BCUT2D eigenvalue weighted by Gasteiger charge is -2.31. The molecule has 0 amide bonds. The Labute approximate surface area is 151 Å². The molecule has 0 atom stereocenters. The topological polar surface area (TPSA) is 83.6 Å². The van der Waals surface area contributed by atoms with Gasteiger partial charge >= 0.3 is 0 Å². The van der Waals surface area contributed by atoms with Crippen LogP contribution in [0.15, 0.2) is 51.9 Å². The molecule has 3 rings (SSSR count). The summed E-state index contributed by atoms with van der Waals surface area (Å²) >= 11 is 3.43. The Morgan fingerprint density at radius 1 is 1.32 bits per heavy atom. The molecule has 2 aromatic rings. The van der Waals surface area contributed by atoms with Gasteiger partial charge in [-0.3, -0.25) is 9.36 Å². The van der Waals surface area contributed by atoms with Gasteiger partial charge in [-0.05, 0) is 49.8 Å². The predicted octanol–water partition coefficient (Wildman–Crippen LogP) is 3.38. The minimum atomic E-state index is -0.886. The molecular formula is C17H15BrN2O5. The maximum absolute atomic E-state index is 12.5. The normalized spacial score (nSPS) is 14.9. The Balaban J connectivity index is 2.06. The number of hydrogen-bond donors (Lipinski definition) is 0. The maximum Gasteiger partial charge on any atom is 0.294 e. The second kappa shape index (κ2) is 6.36. The third kappa shape index (κ3) is 3.74. The molecular weight excluding hydrogens is 392 g/mol. The van der Waals surface area contributed by atoms with Crippen LogP contribution in [-0.2, 0) is 11.4 Å². The highest BCUT2D eigenvalue weighted by Gasteiger charge is 2.28. The zero-order valence-corrected chi connectivity index (χ0v) is 15.1. The largest absolute Gasteiger partial charge is 0.483 e. The van der Waals surface area contributed by atoms with E-state index in [0.717, 1.165) is 10.0 Å². The highest BCUT2D eigenvalue weighted by molar-refractivity contribution is 9.10. The van der Waals surface area contributed by atoms with Crippen molar-refractivity contribution < 1.29 is 14.7 Å². The van der Waals surface area contributed by atoms with Gasteiger partial charge in [0.1, 0.15) is 18.0 Å². The fourth-order valence-corrected chi connectivity index (χ4v) is 3.01. The Morgan fingerprint density at radius 3 is 2.76 bits per heavy atom. The summed E-state index contributed by atoms with van der Waals surface area (Å²) in [4.78, 5) is 27.1. The molecule has 0 aliphatic carbocycles. The number of nitrogens with zero attached hydrogens (tertiary/aromatic N) is 2. The summed E-state index contributed by atoms with van der Waals surface area (Å²) in [5, 5.41) is 9.40. The lowest BCUT2D eigenvalue weighted by atomic mass is 9.99. The molecule has 0 unspecified atom stereocenters. The van der Waals surface area contributed by atoms with Gasteiger partial charge in [0.25, 0.3) is 10.6 Å². The first-order valence-electron chi connectivity index (χ1n) is 7.46. The van der Waals surface area contributed by atoms with E-state index in [9.17, 15) is 14.9 Å². The first kappa shape index (κ1) is 17.2. The molecule has 0 fully saturated rings. The fourth-order valence-electron chi connectivity index (χ4n) is 2.65. The quantitative estimate of drug-likeness (QED) is 0.573. The molecule has 2 heterocycles. The number of halogens is 1. The number of benzene rings is 1. The van der Waals surface area contributed by atoms with Gasteiger partial charge in [0.15, 0.2) is 0 Å². The molecule has 7 nitrogen and oxygen atoms in total. The molecule has 1 aliphatic heterocycles. The second-order valence-electron chi connectivity index (χ2n) is 6.12. The molecule has 8 heteroatoms. The zero-order valence-electron chi connectivity index (χ0n) is 13.6. The van der Waals surface area contributed by atoms with Crippen molar-refractivity contribution in [2.24, 2.45) is 0 Å². The minimum absolute atomic E-state index is 0.265. The average molecular weight is 407 g/mol. The van der Waals surface area contributed by atoms with Gasteiger partial charge < -0.3 is 9.57 Å². The van der Waals surface area contributed by atoms with Gasteiger partial charge in [0.2, 0.25) is 0 Å². The number of ether oxygens (including phenoxy) is 1. The fraction of sp³-hybridized carbons (Fsp3) is 0.235. The summed E-state index contributed by atoms with van der Waals surface area (Å²) < 4.78 is 8.30. The van der Waals surface area contributed by atoms with E-state index in [-0.39, 0.29) is 12.2 Å². The van der Waals surface area contributed by atoms with Crippen LogP contribution >= 0.6 is 15.9 Å². The molecule has 130 valence electrons. The number of rotatable bonds is 4. The summed E-state index contributed by atoms with van der Waals surface area (Å²) in [6, 6.07) is 8.54. The van der Waals surface area contributed by atoms with E-state index in [1.54, 1.807) is 12.3 Å². The highest BCUT2D eigenvalue weighted by atomic mass is 79.9. The van der Waals surface area contributed by atoms with E-state index in [1.807, 2.05) is 38.1 Å². The zero-order chi connectivity index (χ0) is 18.2. The maximum atomic E-state index is 12.5. The van der Waals surface area contributed by atoms with E-state index < -0.39 is 10.7 Å². The standard InChI is InChI=1S/C17H15BrN2O5/c1-17(2)9-14(13-8-12(18)3-4-15(13)25-17)19-6-5-11(7-16(19)21)10-24-20(22)23/h3-9H,10H2,1-2H3. The van der Waals surface area contributed by atoms with Crippen LogP contribution in [0.2, 0.25) is 0 Å². The number of fused-ring (bicyclic) bond motifs is 1. The lowest BCUT2D eigenvalue weighted by Crippen LogP contribution is -2.32. The smallest absolute Gasteiger partial charge is 0.294 e. The van der Waals surface area contributed by atoms with Crippen LogP contribution in [0.3, 0.4) is 0 Å². The minimum Gasteiger partial charge on any atom is -0.483 e. The van der Waals surface area contributed by atoms with E-state index in [1.165, 1.54) is 10.6 Å². The molecule has 0 bridgehead atoms. The Hall–Kier alpha value is -2.61. The van der Waals surface area contributed by atoms with Crippen molar-refractivity contribution in [2.75, 3.05) is 0 Å². The SMILES string of the molecule is CC1(C)C=C(n2ccc(CO[N+](=O)[O-])cc2=O)c2cc(Br)ccc2O1. The second-order valence-corrected chi connectivity index (χ2v) is 7.03. The van der Waals surface area contributed by atoms with Crippen molar-refractivity contribution in [3.63, 3.8) is 0 Å². The van der Waals surface area contributed by atoms with Crippen molar-refractivity contribution in [3.05, 3.63) is 78.7 Å². The summed E-state index contributed by atoms with van der Waals surface area (Å²) in [6.45, 7) is 3.55. The van der Waals surface area contributed by atoms with Crippen molar-refractivity contribution in [2.45, 2.75) is 26.1 Å². The average Bonchev–Trinajstić information content (AvgIpc) is 2.52. The van der Waals surface area contributed by atoms with Crippen LogP contribution in [-0.4, -0.2) is 15.3 Å². The monoisotopic (exact) mass is 406 g/mol. The van der Waals surface area contributed by atoms with Crippen LogP contribution in [0.25, 0.3) is 5.70 Å². The third-order valence-electron chi connectivity index (χ3n) is 3.66. The molecule has 0 radical (unpaired) electrons. The van der Waals surface area contributed by atoms with Crippen molar-refractivity contribution >= 4 is 21.6 Å². The molecule has 0 saturated carbocycles. The Morgan fingerprint density at radius 2 is 2.08 bits per heavy atom. The van der Waals surface area contributed by atoms with Gasteiger partial charge in [0.05, 0.1) is 5.70 Å². The van der Waals surface area contributed by atoms with Crippen LogP contribution in [0.1, 0.15) is 25.0 Å². The van der Waals surface area contributed by atoms with Crippen LogP contribution < -0.4 is 10.3 Å². The summed E-state index contributed by atoms with van der Waals surface area (Å²) in [6.07, 6.45) is 3.45. The van der Waals surface area contributed by atoms with Gasteiger partial charge in [-0.1, -0.05) is 15.9 Å². The number of aromatic nitrogens is 1. The predicted molar refractivity (Wildman–Crippen MR) is 94.7 cm³/mol. The highest BCUT2D eigenvalue weighted by Crippen LogP contribution is 2.37. The van der Waals surface area contributed by atoms with Crippen LogP contribution in [0.4, 0.5) is 0 Å². The molecule has 0 N–H and O–H groups in total. The molecule has 0 spiro atoms. The Kier molecular flexibility index (Phi) is 4.38. The van der Waals surface area contributed by atoms with E-state index in [4.69, 9.17) is 4.74 Å². The van der Waals surface area contributed by atoms with E-state index in [2.05, 4.69) is 20.8 Å². The summed E-state index contributed by atoms with van der Waals surface area (Å²) in [5.41, 5.74) is 1.02. The molecule has 1 aliphatic rings. The first-order valence-corrected chi connectivity index (χ1v) is 8.25. The van der Waals surface area contributed by atoms with Crippen LogP contribution in [0.5, 0.6) is 5.75 Å². The summed E-state index contributed by atoms with van der Waals surface area (Å²) in [5.74, 6) is 0.679. The molecule has 0 saturated heterocycles. The summed E-state index contributed by atoms with van der Waals surface area (Å²) in [7, 11) is 0. The van der Waals surface area contributed by atoms with E-state index in [0.29, 0.717) is 17.0 Å². The van der Waals surface area contributed by atoms with Gasteiger partial charge in [0, 0.05) is 22.3 Å². The van der Waals surface area contributed by atoms with Gasteiger partial charge in [-0.25, -0.2) is 0 Å². The number of hydrogen-bond acceptors (Lipinski definition) is 5. The van der Waals surface area contributed by atoms with Crippen LogP contribution in [0, 0.1) is 10.1 Å². The van der Waals surface area contributed by atoms with E-state index >= 15 is 0 Å². The molecule has 1 aromatic heterocycles. The molecule has 25 heavy (non-hydrogen) atoms. The Bertz CT molecular complexity index is 933. The van der Waals surface area contributed by atoms with Crippen molar-refractivity contribution in [1.29, 1.82) is 0 Å². The lowest BCUT2D eigenvalue weighted by molar-refractivity contribution is -0.763. The van der Waals surface area contributed by atoms with Gasteiger partial charge in [-0.2, -0.15) is 0 Å². The van der Waals surface area contributed by atoms with Crippen molar-refractivity contribution in [3.8, 4) is 5.75 Å². The number of pyridine rings is 1. The third-order valence-corrected chi connectivity index (χ3v) is 4.15.